The van der Waals surface area contributed by atoms with Crippen LogP contribution in [0.1, 0.15) is 17.9 Å². The van der Waals surface area contributed by atoms with E-state index in [-0.39, 0.29) is 30.1 Å². The first-order chi connectivity index (χ1) is 13.4. The zero-order valence-electron chi connectivity index (χ0n) is 15.6. The predicted molar refractivity (Wildman–Crippen MR) is 101 cm³/mol. The highest BCUT2D eigenvalue weighted by Crippen LogP contribution is 2.24. The Morgan fingerprint density at radius 3 is 2.79 bits per heavy atom. The molecule has 1 amide bonds. The maximum atomic E-state index is 13.8. The molecule has 0 aliphatic carbocycles. The number of aryl methyl sites for hydroxylation is 1. The molecule has 0 saturated heterocycles. The molecule has 2 heterocycles. The lowest BCUT2D eigenvalue weighted by Gasteiger charge is -2.16. The van der Waals surface area contributed by atoms with Crippen LogP contribution in [0.2, 0.25) is 0 Å². The number of nitrogens with one attached hydrogen (secondary N) is 1. The molecule has 8 heteroatoms. The van der Waals surface area contributed by atoms with Gasteiger partial charge in [0.25, 0.3) is 0 Å². The molecule has 0 aliphatic heterocycles. The molecule has 1 aromatic carbocycles. The van der Waals surface area contributed by atoms with E-state index >= 15 is 0 Å². The molecule has 0 bridgehead atoms. The van der Waals surface area contributed by atoms with Crippen LogP contribution in [0.15, 0.2) is 47.1 Å². The molecule has 0 saturated carbocycles. The molecule has 28 heavy (non-hydrogen) atoms. The van der Waals surface area contributed by atoms with Crippen molar-refractivity contribution in [2.45, 2.75) is 19.4 Å². The summed E-state index contributed by atoms with van der Waals surface area (Å²) in [5.41, 5.74) is 1.03. The summed E-state index contributed by atoms with van der Waals surface area (Å²) in [6.45, 7) is 0.359. The van der Waals surface area contributed by atoms with Gasteiger partial charge in [-0.2, -0.15) is 0 Å². The fourth-order valence-electron chi connectivity index (χ4n) is 2.71. The third-order valence-electron chi connectivity index (χ3n) is 4.08. The second-order valence-corrected chi connectivity index (χ2v) is 6.40. The Labute approximate surface area is 161 Å². The van der Waals surface area contributed by atoms with E-state index in [1.54, 1.807) is 6.20 Å². The van der Waals surface area contributed by atoms with Gasteiger partial charge in [-0.15, -0.1) is 0 Å². The normalized spacial score (nSPS) is 10.7. The number of hydrogen-bond acceptors (Lipinski definition) is 5. The minimum atomic E-state index is -0.728. The summed E-state index contributed by atoms with van der Waals surface area (Å²) in [5.74, 6) is -0.261. The number of anilines is 1. The number of nitrogens with zero attached hydrogens (tertiary/aromatic N) is 3. The first-order valence-corrected chi connectivity index (χ1v) is 8.72. The SMILES string of the molecule is CN(C)c1ncccc1CNC(=O)CCc1ncc(-c2ccc(F)cc2F)o1. The number of benzene rings is 1. The predicted octanol–water partition coefficient (Wildman–Crippen LogP) is 3.33. The van der Waals surface area contributed by atoms with Gasteiger partial charge in [0.05, 0.1) is 11.8 Å². The first-order valence-electron chi connectivity index (χ1n) is 8.72. The summed E-state index contributed by atoms with van der Waals surface area (Å²) in [5, 5.41) is 2.84. The standard InChI is InChI=1S/C20H20F2N4O2/c1-26(2)20-13(4-3-9-23-20)11-24-18(27)7-8-19-25-12-17(28-19)15-6-5-14(21)10-16(15)22/h3-6,9-10,12H,7-8,11H2,1-2H3,(H,24,27). The van der Waals surface area contributed by atoms with Crippen LogP contribution in [0.25, 0.3) is 11.3 Å². The summed E-state index contributed by atoms with van der Waals surface area (Å²) in [6.07, 6.45) is 3.50. The zero-order valence-corrected chi connectivity index (χ0v) is 15.6. The minimum Gasteiger partial charge on any atom is -0.441 e. The van der Waals surface area contributed by atoms with Crippen LogP contribution in [-0.2, 0) is 17.8 Å². The number of oxazole rings is 1. The average molecular weight is 386 g/mol. The minimum absolute atomic E-state index is 0.123. The molecular weight excluding hydrogens is 366 g/mol. The van der Waals surface area contributed by atoms with E-state index in [1.807, 2.05) is 31.1 Å². The number of aromatic nitrogens is 2. The zero-order chi connectivity index (χ0) is 20.1. The van der Waals surface area contributed by atoms with E-state index < -0.39 is 11.6 Å². The van der Waals surface area contributed by atoms with E-state index in [9.17, 15) is 13.6 Å². The van der Waals surface area contributed by atoms with Crippen LogP contribution in [0.3, 0.4) is 0 Å². The topological polar surface area (TPSA) is 71.3 Å². The van der Waals surface area contributed by atoms with Crippen LogP contribution in [-0.4, -0.2) is 30.0 Å². The van der Waals surface area contributed by atoms with Crippen molar-refractivity contribution in [1.82, 2.24) is 15.3 Å². The third-order valence-corrected chi connectivity index (χ3v) is 4.08. The number of carbonyl (C=O) groups is 1. The molecule has 2 aromatic heterocycles. The number of rotatable bonds is 7. The molecule has 3 rings (SSSR count). The van der Waals surface area contributed by atoms with Gasteiger partial charge < -0.3 is 14.6 Å². The number of amides is 1. The Hall–Kier alpha value is -3.29. The van der Waals surface area contributed by atoms with Crippen molar-refractivity contribution in [3.8, 4) is 11.3 Å². The van der Waals surface area contributed by atoms with Gasteiger partial charge in [-0.05, 0) is 18.2 Å². The van der Waals surface area contributed by atoms with Gasteiger partial charge in [0.1, 0.15) is 17.5 Å². The maximum absolute atomic E-state index is 13.8. The summed E-state index contributed by atoms with van der Waals surface area (Å²) < 4.78 is 32.3. The fourth-order valence-corrected chi connectivity index (χ4v) is 2.71. The smallest absolute Gasteiger partial charge is 0.220 e. The highest BCUT2D eigenvalue weighted by Gasteiger charge is 2.13. The average Bonchev–Trinajstić information content (AvgIpc) is 3.13. The summed E-state index contributed by atoms with van der Waals surface area (Å²) in [4.78, 5) is 22.4. The van der Waals surface area contributed by atoms with Gasteiger partial charge in [0.15, 0.2) is 11.7 Å². The second-order valence-electron chi connectivity index (χ2n) is 6.40. The first kappa shape index (κ1) is 19.5. The van der Waals surface area contributed by atoms with Crippen molar-refractivity contribution in [2.75, 3.05) is 19.0 Å². The molecule has 0 unspecified atom stereocenters. The quantitative estimate of drug-likeness (QED) is 0.674. The highest BCUT2D eigenvalue weighted by molar-refractivity contribution is 5.76. The molecular formula is C20H20F2N4O2. The van der Waals surface area contributed by atoms with Crippen LogP contribution in [0, 0.1) is 11.6 Å². The number of hydrogen-bond donors (Lipinski definition) is 1. The Bertz CT molecular complexity index is 972. The Morgan fingerprint density at radius 2 is 2.04 bits per heavy atom. The van der Waals surface area contributed by atoms with Crippen LogP contribution in [0.4, 0.5) is 14.6 Å². The molecule has 0 fully saturated rings. The lowest BCUT2D eigenvalue weighted by atomic mass is 10.2. The molecule has 0 aliphatic rings. The van der Waals surface area contributed by atoms with Gasteiger partial charge in [0.2, 0.25) is 5.91 Å². The van der Waals surface area contributed by atoms with Crippen molar-refractivity contribution in [1.29, 1.82) is 0 Å². The van der Waals surface area contributed by atoms with E-state index in [0.29, 0.717) is 12.4 Å². The van der Waals surface area contributed by atoms with E-state index in [2.05, 4.69) is 15.3 Å². The van der Waals surface area contributed by atoms with Crippen LogP contribution < -0.4 is 10.2 Å². The van der Waals surface area contributed by atoms with E-state index in [4.69, 9.17) is 4.42 Å². The van der Waals surface area contributed by atoms with E-state index in [1.165, 1.54) is 12.3 Å². The van der Waals surface area contributed by atoms with Crippen LogP contribution in [0.5, 0.6) is 0 Å². The molecule has 0 spiro atoms. The molecule has 0 radical (unpaired) electrons. The van der Waals surface area contributed by atoms with Crippen molar-refractivity contribution in [2.24, 2.45) is 0 Å². The summed E-state index contributed by atoms with van der Waals surface area (Å²) in [6, 6.07) is 6.94. The van der Waals surface area contributed by atoms with E-state index in [0.717, 1.165) is 23.5 Å². The van der Waals surface area contributed by atoms with Gasteiger partial charge in [0, 0.05) is 51.3 Å². The van der Waals surface area contributed by atoms with Gasteiger partial charge >= 0.3 is 0 Å². The molecule has 6 nitrogen and oxygen atoms in total. The van der Waals surface area contributed by atoms with Crippen molar-refractivity contribution in [3.05, 3.63) is 65.8 Å². The molecule has 3 aromatic rings. The van der Waals surface area contributed by atoms with Crippen LogP contribution >= 0.6 is 0 Å². The molecule has 0 atom stereocenters. The monoisotopic (exact) mass is 386 g/mol. The lowest BCUT2D eigenvalue weighted by Crippen LogP contribution is -2.24. The Kier molecular flexibility index (Phi) is 5.98. The van der Waals surface area contributed by atoms with Gasteiger partial charge in [-0.3, -0.25) is 4.79 Å². The Balaban J connectivity index is 1.55. The largest absolute Gasteiger partial charge is 0.441 e. The Morgan fingerprint density at radius 1 is 1.21 bits per heavy atom. The highest BCUT2D eigenvalue weighted by atomic mass is 19.1. The van der Waals surface area contributed by atoms with Crippen molar-refractivity contribution >= 4 is 11.7 Å². The fraction of sp³-hybridized carbons (Fsp3) is 0.250. The second kappa shape index (κ2) is 8.60. The number of carbonyl (C=O) groups excluding carboxylic acids is 1. The number of pyridine rings is 1. The molecule has 146 valence electrons. The number of halogens is 2. The summed E-state index contributed by atoms with van der Waals surface area (Å²) in [7, 11) is 3.77. The lowest BCUT2D eigenvalue weighted by molar-refractivity contribution is -0.121. The van der Waals surface area contributed by atoms with Crippen molar-refractivity contribution < 1.29 is 18.0 Å². The van der Waals surface area contributed by atoms with Crippen molar-refractivity contribution in [3.63, 3.8) is 0 Å². The van der Waals surface area contributed by atoms with Gasteiger partial charge in [-0.1, -0.05) is 6.07 Å². The molecule has 1 N–H and O–H groups in total. The maximum Gasteiger partial charge on any atom is 0.220 e. The third kappa shape index (κ3) is 4.70. The summed E-state index contributed by atoms with van der Waals surface area (Å²) >= 11 is 0. The van der Waals surface area contributed by atoms with Gasteiger partial charge in [-0.25, -0.2) is 18.7 Å².